The Morgan fingerprint density at radius 3 is 2.86 bits per heavy atom. The topological polar surface area (TPSA) is 60.9 Å². The Hall–Kier alpha value is -2.60. The number of aromatic nitrogens is 1. The first kappa shape index (κ1) is 19.7. The number of ether oxygens (including phenoxy) is 3. The van der Waals surface area contributed by atoms with E-state index >= 15 is 0 Å². The maximum atomic E-state index is 12.6. The van der Waals surface area contributed by atoms with Crippen LogP contribution in [0.2, 0.25) is 0 Å². The van der Waals surface area contributed by atoms with E-state index in [-0.39, 0.29) is 24.2 Å². The van der Waals surface area contributed by atoms with Crippen molar-refractivity contribution in [2.45, 2.75) is 44.3 Å². The Balaban J connectivity index is 1.27. The van der Waals surface area contributed by atoms with E-state index < -0.39 is 0 Å². The molecule has 4 rings (SSSR count). The molecule has 1 unspecified atom stereocenters. The molecule has 0 saturated carbocycles. The van der Waals surface area contributed by atoms with Crippen LogP contribution in [0, 0.1) is 6.92 Å². The van der Waals surface area contributed by atoms with Crippen LogP contribution in [-0.2, 0) is 9.53 Å². The third kappa shape index (κ3) is 5.07. The van der Waals surface area contributed by atoms with Gasteiger partial charge in [0.2, 0.25) is 5.88 Å². The van der Waals surface area contributed by atoms with Crippen molar-refractivity contribution in [3.8, 4) is 11.6 Å². The molecule has 1 amide bonds. The summed E-state index contributed by atoms with van der Waals surface area (Å²) in [5.41, 5.74) is 0.915. The molecule has 6 heteroatoms. The van der Waals surface area contributed by atoms with Gasteiger partial charge in [-0.25, -0.2) is 4.98 Å². The maximum absolute atomic E-state index is 12.6. The number of carbonyl (C=O) groups is 1. The van der Waals surface area contributed by atoms with Crippen molar-refractivity contribution in [1.29, 1.82) is 0 Å². The van der Waals surface area contributed by atoms with Crippen LogP contribution in [-0.4, -0.2) is 53.8 Å². The summed E-state index contributed by atoms with van der Waals surface area (Å²) in [6, 6.07) is 13.5. The molecule has 1 spiro atoms. The Morgan fingerprint density at radius 1 is 1.24 bits per heavy atom. The molecule has 29 heavy (non-hydrogen) atoms. The molecule has 2 aliphatic heterocycles. The van der Waals surface area contributed by atoms with Crippen molar-refractivity contribution in [2.24, 2.45) is 0 Å². The zero-order valence-electron chi connectivity index (χ0n) is 16.9. The molecule has 2 aromatic rings. The number of aryl methyl sites for hydroxylation is 1. The number of piperidine rings is 1. The average molecular weight is 396 g/mol. The molecule has 0 radical (unpaired) electrons. The SMILES string of the molecule is Cc1cccc(OCC(=O)N2CCC3(CC2)CC(Oc2ccccn2)CCO3)c1. The van der Waals surface area contributed by atoms with Gasteiger partial charge in [-0.15, -0.1) is 0 Å². The predicted molar refractivity (Wildman–Crippen MR) is 109 cm³/mol. The minimum Gasteiger partial charge on any atom is -0.484 e. The van der Waals surface area contributed by atoms with E-state index in [0.29, 0.717) is 25.6 Å². The lowest BCUT2D eigenvalue weighted by Gasteiger charge is -2.45. The van der Waals surface area contributed by atoms with Crippen molar-refractivity contribution in [1.82, 2.24) is 9.88 Å². The quantitative estimate of drug-likeness (QED) is 0.775. The van der Waals surface area contributed by atoms with E-state index in [1.807, 2.05) is 54.3 Å². The molecule has 0 bridgehead atoms. The Labute approximate surface area is 171 Å². The second-order valence-electron chi connectivity index (χ2n) is 7.92. The van der Waals surface area contributed by atoms with Crippen LogP contribution in [0.25, 0.3) is 0 Å². The Morgan fingerprint density at radius 2 is 2.10 bits per heavy atom. The molecule has 0 N–H and O–H groups in total. The lowest BCUT2D eigenvalue weighted by atomic mass is 9.83. The predicted octanol–water partition coefficient (Wildman–Crippen LogP) is 3.39. The fourth-order valence-electron chi connectivity index (χ4n) is 4.12. The van der Waals surface area contributed by atoms with Gasteiger partial charge in [-0.05, 0) is 43.5 Å². The summed E-state index contributed by atoms with van der Waals surface area (Å²) in [5, 5.41) is 0. The number of pyridine rings is 1. The maximum Gasteiger partial charge on any atom is 0.260 e. The first-order chi connectivity index (χ1) is 14.1. The highest BCUT2D eigenvalue weighted by molar-refractivity contribution is 5.77. The van der Waals surface area contributed by atoms with Gasteiger partial charge in [0.1, 0.15) is 11.9 Å². The number of hydrogen-bond acceptors (Lipinski definition) is 5. The monoisotopic (exact) mass is 396 g/mol. The Kier molecular flexibility index (Phi) is 6.00. The van der Waals surface area contributed by atoms with Crippen LogP contribution in [0.15, 0.2) is 48.7 Å². The second kappa shape index (κ2) is 8.82. The fraction of sp³-hybridized carbons (Fsp3) is 0.478. The van der Waals surface area contributed by atoms with Crippen molar-refractivity contribution >= 4 is 5.91 Å². The van der Waals surface area contributed by atoms with E-state index in [1.54, 1.807) is 6.20 Å². The minimum atomic E-state index is -0.203. The minimum absolute atomic E-state index is 0.0263. The van der Waals surface area contributed by atoms with Crippen molar-refractivity contribution in [3.63, 3.8) is 0 Å². The number of hydrogen-bond donors (Lipinski definition) is 0. The molecule has 1 aromatic carbocycles. The van der Waals surface area contributed by atoms with Crippen molar-refractivity contribution in [2.75, 3.05) is 26.3 Å². The van der Waals surface area contributed by atoms with Crippen LogP contribution in [0.1, 0.15) is 31.2 Å². The van der Waals surface area contributed by atoms with Crippen LogP contribution in [0.3, 0.4) is 0 Å². The molecule has 1 aromatic heterocycles. The lowest BCUT2D eigenvalue weighted by molar-refractivity contribution is -0.153. The van der Waals surface area contributed by atoms with Gasteiger partial charge in [0.15, 0.2) is 6.61 Å². The second-order valence-corrected chi connectivity index (χ2v) is 7.92. The number of nitrogens with zero attached hydrogens (tertiary/aromatic N) is 2. The number of rotatable bonds is 5. The normalized spacial score (nSPS) is 21.0. The summed E-state index contributed by atoms with van der Waals surface area (Å²) in [5.74, 6) is 1.42. The van der Waals surface area contributed by atoms with Gasteiger partial charge in [-0.3, -0.25) is 4.79 Å². The highest BCUT2D eigenvalue weighted by atomic mass is 16.5. The molecule has 6 nitrogen and oxygen atoms in total. The first-order valence-electron chi connectivity index (χ1n) is 10.3. The van der Waals surface area contributed by atoms with E-state index in [4.69, 9.17) is 14.2 Å². The van der Waals surface area contributed by atoms with Crippen molar-refractivity contribution in [3.05, 3.63) is 54.2 Å². The molecule has 154 valence electrons. The highest BCUT2D eigenvalue weighted by Crippen LogP contribution is 2.36. The zero-order valence-corrected chi connectivity index (χ0v) is 16.9. The summed E-state index contributed by atoms with van der Waals surface area (Å²) in [7, 11) is 0. The van der Waals surface area contributed by atoms with Gasteiger partial charge in [-0.2, -0.15) is 0 Å². The summed E-state index contributed by atoms with van der Waals surface area (Å²) in [4.78, 5) is 18.7. The molecular weight excluding hydrogens is 368 g/mol. The van der Waals surface area contributed by atoms with Gasteiger partial charge >= 0.3 is 0 Å². The third-order valence-corrected chi connectivity index (χ3v) is 5.75. The van der Waals surface area contributed by atoms with Crippen LogP contribution in [0.5, 0.6) is 11.6 Å². The standard InChI is InChI=1S/C23H28N2O4/c1-18-5-4-6-19(15-18)27-17-22(26)25-12-9-23(10-13-25)16-20(8-14-28-23)29-21-7-2-3-11-24-21/h2-7,11,15,20H,8-10,12-14,16-17H2,1H3. The Bertz CT molecular complexity index is 819. The number of carbonyl (C=O) groups excluding carboxylic acids is 1. The van der Waals surface area contributed by atoms with Crippen LogP contribution >= 0.6 is 0 Å². The van der Waals surface area contributed by atoms with Gasteiger partial charge < -0.3 is 19.1 Å². The summed E-state index contributed by atoms with van der Waals surface area (Å²) >= 11 is 0. The summed E-state index contributed by atoms with van der Waals surface area (Å²) < 4.78 is 17.9. The van der Waals surface area contributed by atoms with E-state index in [9.17, 15) is 4.79 Å². The fourth-order valence-corrected chi connectivity index (χ4v) is 4.12. The van der Waals surface area contributed by atoms with E-state index in [1.165, 1.54) is 0 Å². The molecule has 2 aliphatic rings. The third-order valence-electron chi connectivity index (χ3n) is 5.75. The highest BCUT2D eigenvalue weighted by Gasteiger charge is 2.42. The van der Waals surface area contributed by atoms with Gasteiger partial charge in [0.05, 0.1) is 12.2 Å². The van der Waals surface area contributed by atoms with E-state index in [0.717, 1.165) is 37.0 Å². The molecule has 3 heterocycles. The largest absolute Gasteiger partial charge is 0.484 e. The average Bonchev–Trinajstić information content (AvgIpc) is 2.73. The van der Waals surface area contributed by atoms with Gasteiger partial charge in [0, 0.05) is 38.2 Å². The van der Waals surface area contributed by atoms with Crippen LogP contribution in [0.4, 0.5) is 0 Å². The molecule has 0 aliphatic carbocycles. The number of amides is 1. The van der Waals surface area contributed by atoms with Gasteiger partial charge in [0.25, 0.3) is 5.91 Å². The lowest BCUT2D eigenvalue weighted by Crippen LogP contribution is -2.53. The van der Waals surface area contributed by atoms with Gasteiger partial charge in [-0.1, -0.05) is 18.2 Å². The number of benzene rings is 1. The molecule has 1 atom stereocenters. The van der Waals surface area contributed by atoms with Crippen molar-refractivity contribution < 1.29 is 19.0 Å². The summed E-state index contributed by atoms with van der Waals surface area (Å²) in [6.45, 7) is 4.14. The molecular formula is C23H28N2O4. The van der Waals surface area contributed by atoms with Crippen LogP contribution < -0.4 is 9.47 Å². The number of likely N-dealkylation sites (tertiary alicyclic amines) is 1. The first-order valence-corrected chi connectivity index (χ1v) is 10.3. The zero-order chi connectivity index (χ0) is 20.1. The smallest absolute Gasteiger partial charge is 0.260 e. The molecule has 2 fully saturated rings. The van der Waals surface area contributed by atoms with E-state index in [2.05, 4.69) is 4.98 Å². The summed E-state index contributed by atoms with van der Waals surface area (Å²) in [6.07, 6.45) is 5.20. The molecule has 2 saturated heterocycles.